The van der Waals surface area contributed by atoms with Gasteiger partial charge in [-0.3, -0.25) is 4.84 Å². The van der Waals surface area contributed by atoms with Crippen LogP contribution >= 0.6 is 0 Å². The van der Waals surface area contributed by atoms with Crippen LogP contribution < -0.4 is 5.48 Å². The van der Waals surface area contributed by atoms with E-state index in [1.165, 1.54) is 38.5 Å². The molecule has 0 amide bonds. The van der Waals surface area contributed by atoms with E-state index in [1.807, 2.05) is 0 Å². The van der Waals surface area contributed by atoms with Crippen molar-refractivity contribution in [3.8, 4) is 0 Å². The quantitative estimate of drug-likeness (QED) is 0.669. The Labute approximate surface area is 92.5 Å². The van der Waals surface area contributed by atoms with Crippen molar-refractivity contribution in [1.82, 2.24) is 5.48 Å². The Balaban J connectivity index is 0.000000107. The van der Waals surface area contributed by atoms with Gasteiger partial charge in [0.1, 0.15) is 0 Å². The van der Waals surface area contributed by atoms with E-state index in [-0.39, 0.29) is 7.43 Å². The molecule has 2 aliphatic carbocycles. The highest BCUT2D eigenvalue weighted by atomic mass is 16.7. The topological polar surface area (TPSA) is 30.5 Å². The summed E-state index contributed by atoms with van der Waals surface area (Å²) in [7, 11) is 0. The van der Waals surface area contributed by atoms with Gasteiger partial charge in [0.15, 0.2) is 0 Å². The van der Waals surface area contributed by atoms with Gasteiger partial charge in [0.2, 0.25) is 0 Å². The lowest BCUT2D eigenvalue weighted by Crippen LogP contribution is -2.22. The van der Waals surface area contributed by atoms with Gasteiger partial charge in [-0.25, -0.2) is 0 Å². The molecule has 0 radical (unpaired) electrons. The molecule has 2 saturated heterocycles. The fraction of sp³-hybridized carbons (Fsp3) is 1.00. The van der Waals surface area contributed by atoms with Crippen molar-refractivity contribution in [1.29, 1.82) is 0 Å². The number of hydroxylamine groups is 1. The number of hydrogen-bond donors (Lipinski definition) is 1. The summed E-state index contributed by atoms with van der Waals surface area (Å²) in [6, 6.07) is 0.699. The van der Waals surface area contributed by atoms with Gasteiger partial charge in [0.25, 0.3) is 0 Å². The molecule has 2 saturated carbocycles. The van der Waals surface area contributed by atoms with E-state index in [9.17, 15) is 0 Å². The largest absolute Gasteiger partial charge is 0.378 e. The van der Waals surface area contributed by atoms with Crippen molar-refractivity contribution in [2.75, 3.05) is 6.61 Å². The van der Waals surface area contributed by atoms with Crippen LogP contribution in [0.3, 0.4) is 0 Å². The van der Waals surface area contributed by atoms with Crippen molar-refractivity contribution < 1.29 is 9.57 Å². The standard InChI is InChI=1S/C6H10O.C5H9NO.CH4/c1-2-6-3-5(1)4-7-6;1-2-5-3-4(1)6-7-5;/h5-6H,1-4H2;4-6H,1-3H2;1H4/t5-,6+;4-,5+;/m00./s1. The van der Waals surface area contributed by atoms with E-state index in [0.29, 0.717) is 18.2 Å². The number of nitrogens with one attached hydrogen (secondary N) is 1. The van der Waals surface area contributed by atoms with Crippen LogP contribution in [-0.2, 0) is 9.57 Å². The zero-order valence-electron chi connectivity index (χ0n) is 8.58. The molecule has 4 rings (SSSR count). The molecule has 4 atom stereocenters. The normalized spacial score (nSPS) is 44.8. The zero-order chi connectivity index (χ0) is 9.38. The maximum atomic E-state index is 5.35. The summed E-state index contributed by atoms with van der Waals surface area (Å²) in [5, 5.41) is 0. The molecular weight excluding hydrogens is 190 g/mol. The second-order valence-corrected chi connectivity index (χ2v) is 5.00. The van der Waals surface area contributed by atoms with E-state index in [1.54, 1.807) is 0 Å². The molecule has 4 aliphatic rings. The maximum absolute atomic E-state index is 5.35. The molecule has 2 aliphatic heterocycles. The first-order valence-corrected chi connectivity index (χ1v) is 5.93. The van der Waals surface area contributed by atoms with Crippen molar-refractivity contribution in [3.63, 3.8) is 0 Å². The summed E-state index contributed by atoms with van der Waals surface area (Å²) in [4.78, 5) is 5.10. The van der Waals surface area contributed by atoms with Crippen LogP contribution in [0.25, 0.3) is 0 Å². The lowest BCUT2D eigenvalue weighted by Gasteiger charge is -2.08. The van der Waals surface area contributed by atoms with Crippen molar-refractivity contribution in [2.24, 2.45) is 5.92 Å². The molecule has 3 nitrogen and oxygen atoms in total. The molecule has 2 heterocycles. The van der Waals surface area contributed by atoms with Crippen molar-refractivity contribution >= 4 is 0 Å². The second kappa shape index (κ2) is 4.81. The Kier molecular flexibility index (Phi) is 3.65. The third kappa shape index (κ3) is 2.52. The van der Waals surface area contributed by atoms with E-state index in [2.05, 4.69) is 5.48 Å². The monoisotopic (exact) mass is 213 g/mol. The van der Waals surface area contributed by atoms with Gasteiger partial charge >= 0.3 is 0 Å². The summed E-state index contributed by atoms with van der Waals surface area (Å²) in [5.74, 6) is 0.949. The van der Waals surface area contributed by atoms with Crippen molar-refractivity contribution in [3.05, 3.63) is 0 Å². The van der Waals surface area contributed by atoms with Gasteiger partial charge in [0, 0.05) is 12.6 Å². The van der Waals surface area contributed by atoms with E-state index in [4.69, 9.17) is 9.57 Å². The minimum absolute atomic E-state index is 0. The molecule has 15 heavy (non-hydrogen) atoms. The predicted molar refractivity (Wildman–Crippen MR) is 59.5 cm³/mol. The minimum Gasteiger partial charge on any atom is -0.378 e. The molecular formula is C12H23NO2. The summed E-state index contributed by atoms with van der Waals surface area (Å²) in [6.45, 7) is 1.06. The molecule has 88 valence electrons. The fourth-order valence-corrected chi connectivity index (χ4v) is 2.95. The molecule has 1 N–H and O–H groups in total. The highest BCUT2D eigenvalue weighted by molar-refractivity contribution is 4.83. The summed E-state index contributed by atoms with van der Waals surface area (Å²) in [5.41, 5.74) is 2.96. The van der Waals surface area contributed by atoms with Crippen LogP contribution in [0, 0.1) is 5.92 Å². The first kappa shape index (κ1) is 11.4. The summed E-state index contributed by atoms with van der Waals surface area (Å²) in [6.07, 6.45) is 9.22. The first-order chi connectivity index (χ1) is 6.90. The third-order valence-electron chi connectivity index (χ3n) is 3.85. The van der Waals surface area contributed by atoms with Gasteiger partial charge in [-0.2, -0.15) is 5.48 Å². The Bertz CT molecular complexity index is 152. The van der Waals surface area contributed by atoms with Crippen molar-refractivity contribution in [2.45, 2.75) is 64.2 Å². The lowest BCUT2D eigenvalue weighted by molar-refractivity contribution is -0.000269. The van der Waals surface area contributed by atoms with Gasteiger partial charge < -0.3 is 4.74 Å². The van der Waals surface area contributed by atoms with Gasteiger partial charge in [-0.05, 0) is 44.4 Å². The zero-order valence-corrected chi connectivity index (χ0v) is 8.58. The Morgan fingerprint density at radius 1 is 0.933 bits per heavy atom. The van der Waals surface area contributed by atoms with E-state index >= 15 is 0 Å². The number of fused-ring (bicyclic) bond motifs is 4. The fourth-order valence-electron chi connectivity index (χ4n) is 2.95. The molecule has 4 bridgehead atoms. The highest BCUT2D eigenvalue weighted by Crippen LogP contribution is 2.34. The summed E-state index contributed by atoms with van der Waals surface area (Å²) < 4.78 is 5.35. The van der Waals surface area contributed by atoms with E-state index in [0.717, 1.165) is 12.5 Å². The van der Waals surface area contributed by atoms with Crippen LogP contribution in [0.2, 0.25) is 0 Å². The molecule has 0 aromatic carbocycles. The Hall–Kier alpha value is -0.120. The number of ether oxygens (including phenoxy) is 1. The molecule has 0 unspecified atom stereocenters. The smallest absolute Gasteiger partial charge is 0.0806 e. The lowest BCUT2D eigenvalue weighted by atomic mass is 10.1. The average molecular weight is 213 g/mol. The minimum atomic E-state index is 0. The van der Waals surface area contributed by atoms with Gasteiger partial charge in [0.05, 0.1) is 12.2 Å². The molecule has 0 aromatic heterocycles. The third-order valence-corrected chi connectivity index (χ3v) is 3.85. The predicted octanol–water partition coefficient (Wildman–Crippen LogP) is 2.26. The molecule has 0 spiro atoms. The van der Waals surface area contributed by atoms with E-state index < -0.39 is 0 Å². The second-order valence-electron chi connectivity index (χ2n) is 5.00. The van der Waals surface area contributed by atoms with Crippen LogP contribution in [0.5, 0.6) is 0 Å². The van der Waals surface area contributed by atoms with Crippen LogP contribution in [-0.4, -0.2) is 24.9 Å². The first-order valence-electron chi connectivity index (χ1n) is 5.93. The van der Waals surface area contributed by atoms with Crippen LogP contribution in [0.4, 0.5) is 0 Å². The van der Waals surface area contributed by atoms with Gasteiger partial charge in [-0.15, -0.1) is 0 Å². The van der Waals surface area contributed by atoms with Gasteiger partial charge in [-0.1, -0.05) is 7.43 Å². The Morgan fingerprint density at radius 2 is 1.80 bits per heavy atom. The molecule has 0 aromatic rings. The van der Waals surface area contributed by atoms with Crippen LogP contribution in [0.15, 0.2) is 0 Å². The molecule has 4 fully saturated rings. The number of rotatable bonds is 0. The maximum Gasteiger partial charge on any atom is 0.0806 e. The van der Waals surface area contributed by atoms with Crippen LogP contribution in [0.1, 0.15) is 46.0 Å². The SMILES string of the molecule is C.C1C[C@@H]2C[C@H]1CO2.C1C[C@@H]2C[C@H]1NO2. The average Bonchev–Trinajstić information content (AvgIpc) is 3.01. The highest BCUT2D eigenvalue weighted by Gasteiger charge is 2.32. The Morgan fingerprint density at radius 3 is 1.93 bits per heavy atom. The summed E-state index contributed by atoms with van der Waals surface area (Å²) >= 11 is 0. The number of hydrogen-bond acceptors (Lipinski definition) is 3. The molecule has 3 heteroatoms.